The molecule has 2 aromatic heterocycles. The number of hydrogen-bond donors (Lipinski definition) is 4. The normalized spacial score (nSPS) is 12.6. The summed E-state index contributed by atoms with van der Waals surface area (Å²) in [6.45, 7) is 0.210. The van der Waals surface area contributed by atoms with Crippen LogP contribution >= 0.6 is 36.4 Å². The molecule has 0 unspecified atom stereocenters. The van der Waals surface area contributed by atoms with Crippen LogP contribution in [0.1, 0.15) is 31.4 Å². The Morgan fingerprint density at radius 2 is 1.94 bits per heavy atom. The molecular formula is C23H29Cl3N8O2. The van der Waals surface area contributed by atoms with Gasteiger partial charge in [-0.05, 0) is 50.3 Å². The van der Waals surface area contributed by atoms with Crippen LogP contribution in [0.3, 0.4) is 0 Å². The van der Waals surface area contributed by atoms with E-state index in [0.717, 1.165) is 25.0 Å². The van der Waals surface area contributed by atoms with E-state index in [1.54, 1.807) is 36.5 Å². The van der Waals surface area contributed by atoms with E-state index >= 15 is 0 Å². The van der Waals surface area contributed by atoms with E-state index in [-0.39, 0.29) is 60.2 Å². The number of nitrogens with two attached hydrogens (primary N) is 2. The van der Waals surface area contributed by atoms with Crippen molar-refractivity contribution in [3.8, 4) is 11.3 Å². The van der Waals surface area contributed by atoms with Crippen molar-refractivity contribution in [1.29, 1.82) is 0 Å². The van der Waals surface area contributed by atoms with Gasteiger partial charge in [-0.2, -0.15) is 0 Å². The second kappa shape index (κ2) is 13.3. The van der Waals surface area contributed by atoms with E-state index in [9.17, 15) is 9.59 Å². The second-order valence-corrected chi connectivity index (χ2v) is 8.61. The number of halogens is 3. The average Bonchev–Trinajstić information content (AvgIpc) is 2.77. The number of aryl methyl sites for hydroxylation is 1. The summed E-state index contributed by atoms with van der Waals surface area (Å²) in [4.78, 5) is 38.4. The first-order valence-electron chi connectivity index (χ1n) is 11.2. The number of anilines is 3. The van der Waals surface area contributed by atoms with Crippen LogP contribution in [-0.2, 0) is 17.8 Å². The van der Waals surface area contributed by atoms with Gasteiger partial charge >= 0.3 is 0 Å². The van der Waals surface area contributed by atoms with Gasteiger partial charge in [-0.25, -0.2) is 15.0 Å². The maximum atomic E-state index is 13.3. The minimum absolute atomic E-state index is 0. The average molecular weight is 556 g/mol. The van der Waals surface area contributed by atoms with Gasteiger partial charge in [0, 0.05) is 35.7 Å². The number of benzene rings is 1. The van der Waals surface area contributed by atoms with Crippen LogP contribution in [0.5, 0.6) is 0 Å². The smallest absolute Gasteiger partial charge is 0.294 e. The number of aromatic nitrogens is 4. The second-order valence-electron chi connectivity index (χ2n) is 8.25. The molecule has 4 rings (SSSR count). The van der Waals surface area contributed by atoms with Crippen molar-refractivity contribution in [2.24, 2.45) is 0 Å². The largest absolute Gasteiger partial charge is 0.399 e. The van der Waals surface area contributed by atoms with Gasteiger partial charge in [-0.1, -0.05) is 23.7 Å². The molecule has 1 fully saturated rings. The number of carbonyl (C=O) groups excluding carboxylic acids is 1. The zero-order valence-electron chi connectivity index (χ0n) is 19.4. The summed E-state index contributed by atoms with van der Waals surface area (Å²) in [7, 11) is 0. The highest BCUT2D eigenvalue weighted by atomic mass is 35.5. The lowest BCUT2D eigenvalue weighted by molar-refractivity contribution is -0.121. The molecular weight excluding hydrogens is 527 g/mol. The summed E-state index contributed by atoms with van der Waals surface area (Å²) in [6, 6.07) is 8.94. The predicted molar refractivity (Wildman–Crippen MR) is 147 cm³/mol. The zero-order chi connectivity index (χ0) is 24.1. The number of nitrogen functional groups attached to an aromatic ring is 2. The van der Waals surface area contributed by atoms with Crippen molar-refractivity contribution in [3.05, 3.63) is 57.7 Å². The molecule has 1 aliphatic carbocycles. The Kier molecular flexibility index (Phi) is 10.8. The number of rotatable bonds is 9. The van der Waals surface area contributed by atoms with E-state index in [4.69, 9.17) is 23.1 Å². The lowest BCUT2D eigenvalue weighted by Gasteiger charge is -2.27. The zero-order valence-corrected chi connectivity index (χ0v) is 21.8. The third-order valence-electron chi connectivity index (χ3n) is 5.69. The number of nitrogens with zero attached hydrogens (tertiary/aromatic N) is 4. The molecule has 0 atom stereocenters. The SMILES string of the molecule is Cl.Cl.Nc1cccc(-c2c(Cl)nc(NC3CCC3)c(=O)n2CC(=O)NCCCc2ccnc(N)n2)c1. The highest BCUT2D eigenvalue weighted by molar-refractivity contribution is 6.32. The molecule has 194 valence electrons. The quantitative estimate of drug-likeness (QED) is 0.232. The van der Waals surface area contributed by atoms with E-state index in [2.05, 4.69) is 25.6 Å². The molecule has 1 aromatic carbocycles. The Balaban J connectivity index is 0.00000228. The molecule has 1 amide bonds. The summed E-state index contributed by atoms with van der Waals surface area (Å²) >= 11 is 6.52. The van der Waals surface area contributed by atoms with Crippen LogP contribution in [0, 0.1) is 0 Å². The molecule has 0 saturated heterocycles. The molecule has 36 heavy (non-hydrogen) atoms. The van der Waals surface area contributed by atoms with Crippen LogP contribution in [0.2, 0.25) is 5.15 Å². The Morgan fingerprint density at radius 3 is 2.61 bits per heavy atom. The van der Waals surface area contributed by atoms with Crippen LogP contribution in [0.15, 0.2) is 41.3 Å². The van der Waals surface area contributed by atoms with Gasteiger partial charge in [-0.15, -0.1) is 24.8 Å². The minimum Gasteiger partial charge on any atom is -0.399 e. The highest BCUT2D eigenvalue weighted by Crippen LogP contribution is 2.29. The molecule has 3 aromatic rings. The fourth-order valence-corrected chi connectivity index (χ4v) is 4.04. The van der Waals surface area contributed by atoms with Gasteiger partial charge in [0.2, 0.25) is 11.9 Å². The first kappa shape index (κ1) is 29.2. The summed E-state index contributed by atoms with van der Waals surface area (Å²) in [5.41, 5.74) is 13.4. The maximum Gasteiger partial charge on any atom is 0.294 e. The number of hydrogen-bond acceptors (Lipinski definition) is 8. The summed E-state index contributed by atoms with van der Waals surface area (Å²) in [5.74, 6) is 0.0543. The van der Waals surface area contributed by atoms with Gasteiger partial charge in [0.25, 0.3) is 5.56 Å². The maximum absolute atomic E-state index is 13.3. The van der Waals surface area contributed by atoms with Crippen molar-refractivity contribution in [2.75, 3.05) is 23.3 Å². The van der Waals surface area contributed by atoms with Crippen molar-refractivity contribution >= 4 is 59.8 Å². The molecule has 10 nitrogen and oxygen atoms in total. The third kappa shape index (κ3) is 7.22. The van der Waals surface area contributed by atoms with Crippen molar-refractivity contribution in [3.63, 3.8) is 0 Å². The fourth-order valence-electron chi connectivity index (χ4n) is 3.74. The van der Waals surface area contributed by atoms with Crippen LogP contribution in [0.25, 0.3) is 11.3 Å². The van der Waals surface area contributed by atoms with Gasteiger partial charge in [0.1, 0.15) is 6.54 Å². The van der Waals surface area contributed by atoms with E-state index in [1.165, 1.54) is 4.57 Å². The minimum atomic E-state index is -0.402. The lowest BCUT2D eigenvalue weighted by Crippen LogP contribution is -2.37. The van der Waals surface area contributed by atoms with Crippen LogP contribution < -0.4 is 27.7 Å². The first-order chi connectivity index (χ1) is 16.4. The molecule has 2 heterocycles. The Labute approximate surface area is 226 Å². The Morgan fingerprint density at radius 1 is 1.17 bits per heavy atom. The molecule has 0 bridgehead atoms. The standard InChI is InChI=1S/C23H27ClN8O2.2ClH/c24-20-19(14-4-1-5-15(25)12-14)32(22(34)21(31-20)29-16-6-2-7-16)13-18(33)27-10-3-8-17-9-11-28-23(26)30-17;;/h1,4-5,9,11-12,16H,2-3,6-8,10,13,25H2,(H,27,33)(H,29,31)(H2,26,28,30);2*1H. The molecule has 1 aliphatic rings. The summed E-state index contributed by atoms with van der Waals surface area (Å²) in [6.07, 6.45) is 5.93. The van der Waals surface area contributed by atoms with E-state index < -0.39 is 5.56 Å². The van der Waals surface area contributed by atoms with Crippen LogP contribution in [0.4, 0.5) is 17.5 Å². The van der Waals surface area contributed by atoms with Gasteiger partial charge < -0.3 is 22.1 Å². The molecule has 1 saturated carbocycles. The van der Waals surface area contributed by atoms with Crippen LogP contribution in [-0.4, -0.2) is 38.0 Å². The summed E-state index contributed by atoms with van der Waals surface area (Å²) in [5, 5.41) is 6.14. The summed E-state index contributed by atoms with van der Waals surface area (Å²) < 4.78 is 1.35. The van der Waals surface area contributed by atoms with E-state index in [0.29, 0.717) is 36.3 Å². The van der Waals surface area contributed by atoms with Gasteiger partial charge in [0.15, 0.2) is 11.0 Å². The number of nitrogens with one attached hydrogen (secondary N) is 2. The molecule has 0 spiro atoms. The topological polar surface area (TPSA) is 154 Å². The molecule has 13 heteroatoms. The van der Waals surface area contributed by atoms with Gasteiger partial charge in [0.05, 0.1) is 5.69 Å². The third-order valence-corrected chi connectivity index (χ3v) is 5.96. The highest BCUT2D eigenvalue weighted by Gasteiger charge is 2.23. The Hall–Kier alpha value is -3.08. The number of amides is 1. The first-order valence-corrected chi connectivity index (χ1v) is 11.6. The van der Waals surface area contributed by atoms with Crippen molar-refractivity contribution < 1.29 is 4.79 Å². The molecule has 6 N–H and O–H groups in total. The predicted octanol–water partition coefficient (Wildman–Crippen LogP) is 3.08. The lowest BCUT2D eigenvalue weighted by atomic mass is 9.93. The monoisotopic (exact) mass is 554 g/mol. The van der Waals surface area contributed by atoms with E-state index in [1.807, 2.05) is 0 Å². The van der Waals surface area contributed by atoms with Gasteiger partial charge in [-0.3, -0.25) is 14.2 Å². The fraction of sp³-hybridized carbons (Fsp3) is 0.348. The van der Waals surface area contributed by atoms with Crippen molar-refractivity contribution in [2.45, 2.75) is 44.7 Å². The Bertz CT molecular complexity index is 1250. The van der Waals surface area contributed by atoms with Crippen molar-refractivity contribution in [1.82, 2.24) is 24.8 Å². The number of carbonyl (C=O) groups is 1. The molecule has 0 radical (unpaired) electrons. The molecule has 0 aliphatic heterocycles.